The lowest BCUT2D eigenvalue weighted by atomic mass is 10.1. The molecule has 1 aromatic carbocycles. The predicted octanol–water partition coefficient (Wildman–Crippen LogP) is 4.72. The molecule has 21 heavy (non-hydrogen) atoms. The second-order valence-electron chi connectivity index (χ2n) is 5.12. The fraction of sp³-hybridized carbons (Fsp3) is 0.353. The highest BCUT2D eigenvalue weighted by molar-refractivity contribution is 6.17. The maximum atomic E-state index is 13.9. The zero-order valence-corrected chi connectivity index (χ0v) is 13.4. The van der Waals surface area contributed by atoms with E-state index in [1.807, 2.05) is 43.1 Å². The van der Waals surface area contributed by atoms with Gasteiger partial charge in [-0.1, -0.05) is 25.1 Å². The number of hydrogen-bond acceptors (Lipinski definition) is 2. The second-order valence-corrected chi connectivity index (χ2v) is 5.39. The Morgan fingerprint density at radius 3 is 2.62 bits per heavy atom. The summed E-state index contributed by atoms with van der Waals surface area (Å²) >= 11 is 5.95. The molecule has 2 nitrogen and oxygen atoms in total. The summed E-state index contributed by atoms with van der Waals surface area (Å²) in [5, 5.41) is 0. The summed E-state index contributed by atoms with van der Waals surface area (Å²) in [5.41, 5.74) is 2.69. The molecule has 112 valence electrons. The summed E-state index contributed by atoms with van der Waals surface area (Å²) in [6.45, 7) is 4.03. The molecule has 0 aliphatic rings. The summed E-state index contributed by atoms with van der Waals surface area (Å²) in [4.78, 5) is 6.60. The lowest BCUT2D eigenvalue weighted by molar-refractivity contribution is 0.584. The highest BCUT2D eigenvalue weighted by Gasteiger charge is 2.17. The topological polar surface area (TPSA) is 16.1 Å². The number of rotatable bonds is 5. The third-order valence-corrected chi connectivity index (χ3v) is 4.05. The molecule has 0 saturated heterocycles. The third-order valence-electron chi connectivity index (χ3n) is 3.74. The van der Waals surface area contributed by atoms with Gasteiger partial charge in [0.15, 0.2) is 0 Å². The molecule has 0 bridgehead atoms. The van der Waals surface area contributed by atoms with E-state index in [9.17, 15) is 4.39 Å². The summed E-state index contributed by atoms with van der Waals surface area (Å²) in [6, 6.07) is 10.7. The predicted molar refractivity (Wildman–Crippen MR) is 86.4 cm³/mol. The molecule has 0 N–H and O–H groups in total. The molecule has 0 saturated carbocycles. The fourth-order valence-corrected chi connectivity index (χ4v) is 2.45. The summed E-state index contributed by atoms with van der Waals surface area (Å²) in [7, 11) is 1.93. The van der Waals surface area contributed by atoms with E-state index in [1.165, 1.54) is 6.07 Å². The molecule has 1 unspecified atom stereocenters. The van der Waals surface area contributed by atoms with Crippen molar-refractivity contribution in [2.24, 2.45) is 0 Å². The third kappa shape index (κ3) is 3.53. The lowest BCUT2D eigenvalue weighted by Crippen LogP contribution is -2.24. The number of aromatic nitrogens is 1. The van der Waals surface area contributed by atoms with E-state index in [0.29, 0.717) is 11.4 Å². The smallest absolute Gasteiger partial charge is 0.129 e. The van der Waals surface area contributed by atoms with Gasteiger partial charge in [0.1, 0.15) is 11.6 Å². The Morgan fingerprint density at radius 2 is 2.00 bits per heavy atom. The molecule has 2 aromatic rings. The zero-order chi connectivity index (χ0) is 15.4. The summed E-state index contributed by atoms with van der Waals surface area (Å²) in [6.07, 6.45) is 0.847. The number of halogens is 2. The van der Waals surface area contributed by atoms with Crippen molar-refractivity contribution in [1.82, 2.24) is 4.98 Å². The molecule has 0 radical (unpaired) electrons. The van der Waals surface area contributed by atoms with Crippen molar-refractivity contribution < 1.29 is 4.39 Å². The minimum atomic E-state index is -0.193. The van der Waals surface area contributed by atoms with Crippen LogP contribution in [0, 0.1) is 5.82 Å². The average Bonchev–Trinajstić information content (AvgIpc) is 2.53. The number of alkyl halides is 1. The van der Waals surface area contributed by atoms with Gasteiger partial charge in [-0.05, 0) is 37.1 Å². The van der Waals surface area contributed by atoms with Crippen molar-refractivity contribution in [3.63, 3.8) is 0 Å². The number of anilines is 1. The molecule has 0 fully saturated rings. The Morgan fingerprint density at radius 1 is 1.29 bits per heavy atom. The van der Waals surface area contributed by atoms with Crippen LogP contribution in [0.3, 0.4) is 0 Å². The first-order chi connectivity index (χ1) is 10.1. The molecule has 1 heterocycles. The molecule has 2 rings (SSSR count). The van der Waals surface area contributed by atoms with Crippen molar-refractivity contribution in [2.75, 3.05) is 11.9 Å². The van der Waals surface area contributed by atoms with E-state index in [1.54, 1.807) is 6.07 Å². The van der Waals surface area contributed by atoms with Gasteiger partial charge >= 0.3 is 0 Å². The molecular formula is C17H20ClFN2. The van der Waals surface area contributed by atoms with Crippen LogP contribution in [-0.4, -0.2) is 12.0 Å². The minimum absolute atomic E-state index is 0.103. The van der Waals surface area contributed by atoms with Crippen LogP contribution < -0.4 is 4.90 Å². The van der Waals surface area contributed by atoms with Gasteiger partial charge < -0.3 is 4.90 Å². The van der Waals surface area contributed by atoms with Crippen LogP contribution in [-0.2, 0) is 12.3 Å². The quantitative estimate of drug-likeness (QED) is 0.743. The van der Waals surface area contributed by atoms with Gasteiger partial charge in [0, 0.05) is 24.2 Å². The number of benzene rings is 1. The highest BCUT2D eigenvalue weighted by Crippen LogP contribution is 2.27. The van der Waals surface area contributed by atoms with Crippen LogP contribution >= 0.6 is 11.6 Å². The van der Waals surface area contributed by atoms with E-state index in [0.717, 1.165) is 23.5 Å². The fourth-order valence-electron chi connectivity index (χ4n) is 2.29. The first kappa shape index (κ1) is 15.8. The molecule has 1 aromatic heterocycles. The van der Waals surface area contributed by atoms with Crippen LogP contribution in [0.4, 0.5) is 10.2 Å². The van der Waals surface area contributed by atoms with E-state index < -0.39 is 0 Å². The maximum Gasteiger partial charge on any atom is 0.129 e. The molecule has 0 aliphatic carbocycles. The SMILES string of the molecule is CCc1cc(CCl)cc(N(C)C(C)c2ccccc2F)n1. The number of nitrogens with zero attached hydrogens (tertiary/aromatic N) is 2. The highest BCUT2D eigenvalue weighted by atomic mass is 35.5. The van der Waals surface area contributed by atoms with Gasteiger partial charge in [0.25, 0.3) is 0 Å². The van der Waals surface area contributed by atoms with Crippen LogP contribution in [0.25, 0.3) is 0 Å². The number of pyridine rings is 1. The second kappa shape index (κ2) is 6.90. The van der Waals surface area contributed by atoms with Crippen molar-refractivity contribution in [1.29, 1.82) is 0 Å². The Balaban J connectivity index is 2.35. The number of aryl methyl sites for hydroxylation is 1. The first-order valence-corrected chi connectivity index (χ1v) is 7.63. The van der Waals surface area contributed by atoms with Gasteiger partial charge in [-0.3, -0.25) is 0 Å². The van der Waals surface area contributed by atoms with Gasteiger partial charge in [0.05, 0.1) is 6.04 Å². The molecule has 1 atom stereocenters. The van der Waals surface area contributed by atoms with Gasteiger partial charge in [-0.15, -0.1) is 11.6 Å². The monoisotopic (exact) mass is 306 g/mol. The van der Waals surface area contributed by atoms with Crippen molar-refractivity contribution >= 4 is 17.4 Å². The Bertz CT molecular complexity index is 593. The molecule has 0 aliphatic heterocycles. The van der Waals surface area contributed by atoms with Crippen LogP contribution in [0.1, 0.15) is 36.7 Å². The molecule has 0 amide bonds. The van der Waals surface area contributed by atoms with E-state index in [-0.39, 0.29) is 11.9 Å². The van der Waals surface area contributed by atoms with E-state index >= 15 is 0 Å². The normalized spacial score (nSPS) is 12.2. The zero-order valence-electron chi connectivity index (χ0n) is 12.6. The summed E-state index contributed by atoms with van der Waals surface area (Å²) < 4.78 is 13.9. The Hall–Kier alpha value is -1.61. The van der Waals surface area contributed by atoms with Gasteiger partial charge in [-0.2, -0.15) is 0 Å². The van der Waals surface area contributed by atoms with Gasteiger partial charge in [-0.25, -0.2) is 9.37 Å². The Labute approximate surface area is 130 Å². The van der Waals surface area contributed by atoms with E-state index in [4.69, 9.17) is 11.6 Å². The molecule has 0 spiro atoms. The largest absolute Gasteiger partial charge is 0.353 e. The summed E-state index contributed by atoms with van der Waals surface area (Å²) in [5.74, 6) is 1.08. The maximum absolute atomic E-state index is 13.9. The van der Waals surface area contributed by atoms with Crippen LogP contribution in [0.5, 0.6) is 0 Å². The standard InChI is InChI=1S/C17H20ClFN2/c1-4-14-9-13(11-18)10-17(20-14)21(3)12(2)15-7-5-6-8-16(15)19/h5-10,12H,4,11H2,1-3H3. The minimum Gasteiger partial charge on any atom is -0.353 e. The van der Waals surface area contributed by atoms with Crippen LogP contribution in [0.2, 0.25) is 0 Å². The van der Waals surface area contributed by atoms with Crippen molar-refractivity contribution in [3.05, 3.63) is 59.0 Å². The van der Waals surface area contributed by atoms with Crippen LogP contribution in [0.15, 0.2) is 36.4 Å². The van der Waals surface area contributed by atoms with Gasteiger partial charge in [0.2, 0.25) is 0 Å². The molecular weight excluding hydrogens is 287 g/mol. The van der Waals surface area contributed by atoms with E-state index in [2.05, 4.69) is 11.9 Å². The lowest BCUT2D eigenvalue weighted by Gasteiger charge is -2.27. The number of hydrogen-bond donors (Lipinski definition) is 0. The van der Waals surface area contributed by atoms with Crippen molar-refractivity contribution in [2.45, 2.75) is 32.2 Å². The Kier molecular flexibility index (Phi) is 5.18. The van der Waals surface area contributed by atoms with Crippen molar-refractivity contribution in [3.8, 4) is 0 Å². The molecule has 4 heteroatoms. The average molecular weight is 307 g/mol. The first-order valence-electron chi connectivity index (χ1n) is 7.09.